The average molecular weight is 565 g/mol. The number of amides is 1. The van der Waals surface area contributed by atoms with E-state index in [4.69, 9.17) is 5.11 Å². The largest absolute Gasteiger partial charge is 0.505 e. The number of aromatic amines is 2. The molecule has 0 bridgehead atoms. The predicted octanol–water partition coefficient (Wildman–Crippen LogP) is 3.85. The first-order valence-electron chi connectivity index (χ1n) is 13.7. The lowest BCUT2D eigenvalue weighted by Gasteiger charge is -2.34. The molecule has 10 nitrogen and oxygen atoms in total. The summed E-state index contributed by atoms with van der Waals surface area (Å²) >= 11 is 0. The normalized spacial score (nSPS) is 16.3. The van der Waals surface area contributed by atoms with Crippen LogP contribution in [0.25, 0.3) is 33.5 Å². The van der Waals surface area contributed by atoms with Crippen LogP contribution in [0.3, 0.4) is 0 Å². The van der Waals surface area contributed by atoms with Crippen molar-refractivity contribution >= 4 is 22.8 Å². The van der Waals surface area contributed by atoms with E-state index in [0.29, 0.717) is 91.3 Å². The molecule has 0 saturated carbocycles. The minimum absolute atomic E-state index is 0.0110. The Kier molecular flexibility index (Phi) is 6.94. The fourth-order valence-corrected chi connectivity index (χ4v) is 5.98. The van der Waals surface area contributed by atoms with Crippen molar-refractivity contribution in [2.24, 2.45) is 5.92 Å². The van der Waals surface area contributed by atoms with Crippen molar-refractivity contribution in [3.8, 4) is 28.4 Å². The molecule has 4 N–H and O–H groups in total. The maximum atomic E-state index is 15.5. The van der Waals surface area contributed by atoms with Gasteiger partial charge in [-0.1, -0.05) is 6.92 Å². The van der Waals surface area contributed by atoms with Gasteiger partial charge in [-0.05, 0) is 73.3 Å². The average Bonchev–Trinajstić information content (AvgIpc) is 3.58. The Morgan fingerprint density at radius 2 is 1.88 bits per heavy atom. The number of aromatic nitrogens is 4. The van der Waals surface area contributed by atoms with E-state index in [9.17, 15) is 19.1 Å². The number of H-pyrrole nitrogens is 2. The van der Waals surface area contributed by atoms with Crippen LogP contribution in [0.5, 0.6) is 5.75 Å². The molecular formula is C29H30F2N6O4. The highest BCUT2D eigenvalue weighted by Crippen LogP contribution is 2.36. The molecule has 41 heavy (non-hydrogen) atoms. The van der Waals surface area contributed by atoms with Crippen molar-refractivity contribution in [1.29, 1.82) is 0 Å². The Labute approximate surface area is 234 Å². The number of carboxylic acids is 1. The second-order valence-corrected chi connectivity index (χ2v) is 10.7. The number of carbonyl (C=O) groups excluding carboxylic acids is 1. The lowest BCUT2D eigenvalue weighted by Crippen LogP contribution is -2.45. The molecule has 4 heterocycles. The number of phenolic OH excluding ortho intramolecular Hbond substituents is 1. The van der Waals surface area contributed by atoms with E-state index < -0.39 is 23.4 Å². The molecular weight excluding hydrogens is 534 g/mol. The number of carbonyl (C=O) groups is 2. The maximum absolute atomic E-state index is 15.5. The van der Waals surface area contributed by atoms with Gasteiger partial charge in [-0.3, -0.25) is 19.6 Å². The molecule has 0 spiro atoms. The number of nitrogens with zero attached hydrogens (tertiary/aromatic N) is 4. The van der Waals surface area contributed by atoms with E-state index in [1.807, 2.05) is 11.8 Å². The highest BCUT2D eigenvalue weighted by atomic mass is 19.1. The van der Waals surface area contributed by atoms with E-state index in [0.717, 1.165) is 5.69 Å². The third-order valence-corrected chi connectivity index (χ3v) is 8.15. The topological polar surface area (TPSA) is 138 Å². The van der Waals surface area contributed by atoms with Gasteiger partial charge in [-0.15, -0.1) is 0 Å². The van der Waals surface area contributed by atoms with Gasteiger partial charge < -0.3 is 20.1 Å². The summed E-state index contributed by atoms with van der Waals surface area (Å²) < 4.78 is 29.7. The predicted molar refractivity (Wildman–Crippen MR) is 146 cm³/mol. The van der Waals surface area contributed by atoms with E-state index in [1.165, 1.54) is 18.2 Å². The zero-order chi connectivity index (χ0) is 28.8. The Morgan fingerprint density at radius 3 is 2.61 bits per heavy atom. The number of hydrogen-bond donors (Lipinski definition) is 4. The number of rotatable bonds is 6. The summed E-state index contributed by atoms with van der Waals surface area (Å²) in [5.41, 5.74) is 3.96. The number of halogens is 2. The molecule has 0 radical (unpaired) electrons. The standard InChI is InChI=1S/C29H30F2N6O4/c1-2-15-11-24(38)19(30)12-18(15)17-9-20(31)26-22(10-17)34-35-27(26)28-32-21-5-8-37(13-23(21)33-28)29(41)16-3-6-36(7-4-16)14-25(39)40/h9-12,16,38H,2-8,13-14H2,1H3,(H,32,33)(H,34,35)(H,39,40). The molecule has 1 saturated heterocycles. The number of aliphatic carboxylic acids is 1. The van der Waals surface area contributed by atoms with E-state index in [2.05, 4.69) is 20.2 Å². The van der Waals surface area contributed by atoms with Crippen molar-refractivity contribution in [2.75, 3.05) is 26.2 Å². The van der Waals surface area contributed by atoms with Gasteiger partial charge in [0.2, 0.25) is 5.91 Å². The number of benzene rings is 2. The summed E-state index contributed by atoms with van der Waals surface area (Å²) in [5, 5.41) is 26.2. The van der Waals surface area contributed by atoms with Crippen LogP contribution in [0.1, 0.15) is 36.7 Å². The van der Waals surface area contributed by atoms with Crippen LogP contribution in [0.15, 0.2) is 24.3 Å². The number of hydrogen-bond acceptors (Lipinski definition) is 6. The number of phenols is 1. The number of imidazole rings is 1. The summed E-state index contributed by atoms with van der Waals surface area (Å²) in [6.45, 7) is 3.89. The molecule has 0 unspecified atom stereocenters. The zero-order valence-electron chi connectivity index (χ0n) is 22.5. The summed E-state index contributed by atoms with van der Waals surface area (Å²) in [4.78, 5) is 35.8. The Morgan fingerprint density at radius 1 is 1.10 bits per heavy atom. The van der Waals surface area contributed by atoms with Crippen molar-refractivity contribution < 1.29 is 28.6 Å². The molecule has 2 aromatic heterocycles. The van der Waals surface area contributed by atoms with Crippen LogP contribution in [-0.2, 0) is 29.0 Å². The SMILES string of the molecule is CCc1cc(O)c(F)cc1-c1cc(F)c2c(-c3nc4c([nH]3)CCN(C(=O)C3CCN(CC(=O)O)CC3)C4)n[nH]c2c1. The number of aromatic hydroxyl groups is 1. The van der Waals surface area contributed by atoms with Crippen LogP contribution in [0.4, 0.5) is 8.78 Å². The molecule has 6 rings (SSSR count). The summed E-state index contributed by atoms with van der Waals surface area (Å²) in [6, 6.07) is 5.59. The van der Waals surface area contributed by atoms with Gasteiger partial charge in [-0.25, -0.2) is 13.8 Å². The van der Waals surface area contributed by atoms with Crippen LogP contribution < -0.4 is 0 Å². The molecule has 1 amide bonds. The molecule has 0 atom stereocenters. The summed E-state index contributed by atoms with van der Waals surface area (Å²) in [7, 11) is 0. The van der Waals surface area contributed by atoms with Gasteiger partial charge in [0.25, 0.3) is 0 Å². The van der Waals surface area contributed by atoms with Gasteiger partial charge in [-0.2, -0.15) is 5.10 Å². The maximum Gasteiger partial charge on any atom is 0.317 e. The molecule has 12 heteroatoms. The van der Waals surface area contributed by atoms with Crippen LogP contribution >= 0.6 is 0 Å². The Hall–Kier alpha value is -4.32. The second kappa shape index (κ2) is 10.6. The van der Waals surface area contributed by atoms with Crippen molar-refractivity contribution in [3.63, 3.8) is 0 Å². The van der Waals surface area contributed by atoms with Crippen molar-refractivity contribution in [1.82, 2.24) is 30.0 Å². The van der Waals surface area contributed by atoms with Crippen molar-refractivity contribution in [3.05, 3.63) is 52.9 Å². The van der Waals surface area contributed by atoms with E-state index in [1.54, 1.807) is 11.0 Å². The Balaban J connectivity index is 1.22. The minimum Gasteiger partial charge on any atom is -0.505 e. The zero-order valence-corrected chi connectivity index (χ0v) is 22.5. The van der Waals surface area contributed by atoms with Crippen molar-refractivity contribution in [2.45, 2.75) is 39.2 Å². The fourth-order valence-electron chi connectivity index (χ4n) is 5.98. The number of piperidine rings is 1. The lowest BCUT2D eigenvalue weighted by molar-refractivity contribution is -0.140. The molecule has 2 aliphatic rings. The summed E-state index contributed by atoms with van der Waals surface area (Å²) in [5.74, 6) is -2.33. The van der Waals surface area contributed by atoms with Gasteiger partial charge >= 0.3 is 5.97 Å². The first-order valence-corrected chi connectivity index (χ1v) is 13.7. The number of aryl methyl sites for hydroxylation is 1. The number of fused-ring (bicyclic) bond motifs is 2. The number of carboxylic acid groups (broad SMARTS) is 1. The third-order valence-electron chi connectivity index (χ3n) is 8.15. The molecule has 4 aromatic rings. The van der Waals surface area contributed by atoms with Gasteiger partial charge in [0.05, 0.1) is 29.7 Å². The first kappa shape index (κ1) is 26.9. The number of nitrogens with one attached hydrogen (secondary N) is 2. The van der Waals surface area contributed by atoms with E-state index >= 15 is 4.39 Å². The van der Waals surface area contributed by atoms with Gasteiger partial charge in [0.15, 0.2) is 17.4 Å². The van der Waals surface area contributed by atoms with Gasteiger partial charge in [0, 0.05) is 24.6 Å². The van der Waals surface area contributed by atoms with Crippen LogP contribution in [0.2, 0.25) is 0 Å². The molecule has 2 aliphatic heterocycles. The highest BCUT2D eigenvalue weighted by Gasteiger charge is 2.32. The highest BCUT2D eigenvalue weighted by molar-refractivity contribution is 5.94. The smallest absolute Gasteiger partial charge is 0.317 e. The van der Waals surface area contributed by atoms with E-state index in [-0.39, 0.29) is 23.8 Å². The van der Waals surface area contributed by atoms with Gasteiger partial charge in [0.1, 0.15) is 11.5 Å². The lowest BCUT2D eigenvalue weighted by atomic mass is 9.94. The monoisotopic (exact) mass is 564 g/mol. The summed E-state index contributed by atoms with van der Waals surface area (Å²) in [6.07, 6.45) is 2.35. The fraction of sp³-hybridized carbons (Fsp3) is 0.379. The van der Waals surface area contributed by atoms with Crippen LogP contribution in [-0.4, -0.2) is 78.2 Å². The first-order chi connectivity index (χ1) is 19.7. The Bertz CT molecular complexity index is 1660. The molecule has 214 valence electrons. The minimum atomic E-state index is -0.865. The molecule has 2 aromatic carbocycles. The third kappa shape index (κ3) is 5.03. The molecule has 1 fully saturated rings. The quantitative estimate of drug-likeness (QED) is 0.279. The second-order valence-electron chi connectivity index (χ2n) is 10.7. The van der Waals surface area contributed by atoms with Crippen LogP contribution in [0, 0.1) is 17.6 Å². The molecule has 0 aliphatic carbocycles. The number of likely N-dealkylation sites (tertiary alicyclic amines) is 1.